The Morgan fingerprint density at radius 3 is 2.73 bits per heavy atom. The highest BCUT2D eigenvalue weighted by Crippen LogP contribution is 2.28. The van der Waals surface area contributed by atoms with Gasteiger partial charge in [0.25, 0.3) is 5.56 Å². The minimum atomic E-state index is -0.138. The van der Waals surface area contributed by atoms with E-state index < -0.39 is 0 Å². The Morgan fingerprint density at radius 1 is 1.23 bits per heavy atom. The lowest BCUT2D eigenvalue weighted by molar-refractivity contribution is 0.530. The summed E-state index contributed by atoms with van der Waals surface area (Å²) >= 11 is 1.41. The number of hydrogen-bond donors (Lipinski definition) is 1. The highest BCUT2D eigenvalue weighted by atomic mass is 32.1. The first kappa shape index (κ1) is 13.5. The maximum absolute atomic E-state index is 11.6. The van der Waals surface area contributed by atoms with Crippen LogP contribution in [0.2, 0.25) is 0 Å². The second kappa shape index (κ2) is 5.53. The molecule has 3 aromatic rings. The van der Waals surface area contributed by atoms with Crippen molar-refractivity contribution in [2.24, 2.45) is 5.92 Å². The van der Waals surface area contributed by atoms with E-state index in [-0.39, 0.29) is 5.56 Å². The Balaban J connectivity index is 1.37. The summed E-state index contributed by atoms with van der Waals surface area (Å²) in [4.78, 5) is 16.4. The standard InChI is InChI=1S/C16H16N4OS/c21-14-6-8-18-16-20(14)19-15(22-16)17-7-5-11-9-12-3-1-2-4-13(12)10-11/h1-4,6,8,11H,5,7,9-10H2,(H,17,19). The largest absolute Gasteiger partial charge is 0.360 e. The molecule has 0 saturated heterocycles. The Morgan fingerprint density at radius 2 is 2.00 bits per heavy atom. The average molecular weight is 312 g/mol. The Bertz CT molecular complexity index is 845. The van der Waals surface area contributed by atoms with Crippen molar-refractivity contribution in [3.8, 4) is 0 Å². The van der Waals surface area contributed by atoms with Crippen molar-refractivity contribution in [1.29, 1.82) is 0 Å². The lowest BCUT2D eigenvalue weighted by atomic mass is 10.0. The minimum Gasteiger partial charge on any atom is -0.360 e. The normalized spacial score (nSPS) is 14.4. The number of fused-ring (bicyclic) bond motifs is 2. The van der Waals surface area contributed by atoms with Crippen LogP contribution in [-0.2, 0) is 12.8 Å². The van der Waals surface area contributed by atoms with E-state index in [0.717, 1.165) is 18.1 Å². The first-order valence-corrected chi connectivity index (χ1v) is 8.27. The van der Waals surface area contributed by atoms with Crippen LogP contribution in [0.15, 0.2) is 41.3 Å². The van der Waals surface area contributed by atoms with E-state index in [1.807, 2.05) is 0 Å². The average Bonchev–Trinajstić information content (AvgIpc) is 3.11. The highest BCUT2D eigenvalue weighted by molar-refractivity contribution is 7.20. The van der Waals surface area contributed by atoms with Gasteiger partial charge in [-0.15, -0.1) is 5.10 Å². The molecule has 1 aromatic carbocycles. The van der Waals surface area contributed by atoms with Crippen molar-refractivity contribution < 1.29 is 0 Å². The summed E-state index contributed by atoms with van der Waals surface area (Å²) in [6.45, 7) is 0.868. The second-order valence-electron chi connectivity index (χ2n) is 5.64. The number of benzene rings is 1. The molecule has 0 spiro atoms. The molecule has 2 heterocycles. The van der Waals surface area contributed by atoms with Crippen LogP contribution in [0.25, 0.3) is 4.96 Å². The maximum atomic E-state index is 11.6. The minimum absolute atomic E-state index is 0.138. The fourth-order valence-electron chi connectivity index (χ4n) is 3.05. The summed E-state index contributed by atoms with van der Waals surface area (Å²) in [6.07, 6.45) is 4.96. The lowest BCUT2D eigenvalue weighted by Crippen LogP contribution is -2.13. The first-order valence-electron chi connectivity index (χ1n) is 7.45. The van der Waals surface area contributed by atoms with Crippen molar-refractivity contribution in [2.45, 2.75) is 19.3 Å². The molecule has 0 unspecified atom stereocenters. The van der Waals surface area contributed by atoms with Gasteiger partial charge in [-0.1, -0.05) is 35.6 Å². The van der Waals surface area contributed by atoms with E-state index in [2.05, 4.69) is 39.7 Å². The predicted molar refractivity (Wildman–Crippen MR) is 87.6 cm³/mol. The van der Waals surface area contributed by atoms with Crippen molar-refractivity contribution in [2.75, 3.05) is 11.9 Å². The van der Waals surface area contributed by atoms with Gasteiger partial charge < -0.3 is 5.32 Å². The van der Waals surface area contributed by atoms with E-state index in [0.29, 0.717) is 10.9 Å². The summed E-state index contributed by atoms with van der Waals surface area (Å²) < 4.78 is 1.35. The maximum Gasteiger partial charge on any atom is 0.275 e. The van der Waals surface area contributed by atoms with Crippen LogP contribution in [0.5, 0.6) is 0 Å². The van der Waals surface area contributed by atoms with Gasteiger partial charge in [0.15, 0.2) is 0 Å². The number of hydrogen-bond acceptors (Lipinski definition) is 5. The number of anilines is 1. The fourth-order valence-corrected chi connectivity index (χ4v) is 3.85. The summed E-state index contributed by atoms with van der Waals surface area (Å²) in [5.74, 6) is 0.695. The van der Waals surface area contributed by atoms with E-state index in [9.17, 15) is 4.79 Å². The third-order valence-corrected chi connectivity index (χ3v) is 5.02. The molecule has 0 atom stereocenters. The molecule has 1 N–H and O–H groups in total. The highest BCUT2D eigenvalue weighted by Gasteiger charge is 2.20. The molecule has 22 heavy (non-hydrogen) atoms. The van der Waals surface area contributed by atoms with Crippen LogP contribution in [0.3, 0.4) is 0 Å². The van der Waals surface area contributed by atoms with Crippen LogP contribution in [0, 0.1) is 5.92 Å². The molecular formula is C16H16N4OS. The van der Waals surface area contributed by atoms with Gasteiger partial charge in [-0.25, -0.2) is 4.98 Å². The number of aromatic nitrogens is 3. The van der Waals surface area contributed by atoms with E-state index >= 15 is 0 Å². The number of nitrogens with one attached hydrogen (secondary N) is 1. The second-order valence-corrected chi connectivity index (χ2v) is 6.60. The van der Waals surface area contributed by atoms with Gasteiger partial charge in [0.1, 0.15) is 0 Å². The number of nitrogens with zero attached hydrogens (tertiary/aromatic N) is 3. The van der Waals surface area contributed by atoms with Gasteiger partial charge in [-0.2, -0.15) is 4.52 Å². The zero-order valence-corrected chi connectivity index (χ0v) is 12.8. The van der Waals surface area contributed by atoms with Gasteiger partial charge in [0.05, 0.1) is 0 Å². The zero-order chi connectivity index (χ0) is 14.9. The Labute approximate surface area is 131 Å². The molecule has 2 aromatic heterocycles. The topological polar surface area (TPSA) is 59.3 Å². The van der Waals surface area contributed by atoms with Crippen LogP contribution in [0.1, 0.15) is 17.5 Å². The van der Waals surface area contributed by atoms with Crippen molar-refractivity contribution in [1.82, 2.24) is 14.6 Å². The van der Waals surface area contributed by atoms with Gasteiger partial charge >= 0.3 is 0 Å². The predicted octanol–water partition coefficient (Wildman–Crippen LogP) is 2.37. The van der Waals surface area contributed by atoms with Crippen LogP contribution in [0.4, 0.5) is 5.13 Å². The summed E-state index contributed by atoms with van der Waals surface area (Å²) in [7, 11) is 0. The molecule has 112 valence electrons. The van der Waals surface area contributed by atoms with E-state index in [1.165, 1.54) is 52.1 Å². The molecule has 0 saturated carbocycles. The quantitative estimate of drug-likeness (QED) is 0.803. The smallest absolute Gasteiger partial charge is 0.275 e. The molecule has 0 bridgehead atoms. The molecule has 0 amide bonds. The molecule has 5 nitrogen and oxygen atoms in total. The Hall–Kier alpha value is -2.21. The number of rotatable bonds is 4. The third-order valence-electron chi connectivity index (χ3n) is 4.14. The molecule has 0 radical (unpaired) electrons. The molecule has 1 aliphatic rings. The molecule has 1 aliphatic carbocycles. The van der Waals surface area contributed by atoms with E-state index in [4.69, 9.17) is 0 Å². The molecule has 0 fully saturated rings. The van der Waals surface area contributed by atoms with Crippen LogP contribution >= 0.6 is 11.3 Å². The van der Waals surface area contributed by atoms with Crippen molar-refractivity contribution >= 4 is 21.4 Å². The molecule has 6 heteroatoms. The zero-order valence-electron chi connectivity index (χ0n) is 12.0. The van der Waals surface area contributed by atoms with Gasteiger partial charge in [-0.3, -0.25) is 4.79 Å². The molecule has 0 aliphatic heterocycles. The molecule has 4 rings (SSSR count). The first-order chi connectivity index (χ1) is 10.8. The summed E-state index contributed by atoms with van der Waals surface area (Å²) in [6, 6.07) is 10.1. The van der Waals surface area contributed by atoms with Gasteiger partial charge in [-0.05, 0) is 36.3 Å². The lowest BCUT2D eigenvalue weighted by Gasteiger charge is -2.08. The summed E-state index contributed by atoms with van der Waals surface area (Å²) in [5, 5.41) is 8.34. The third kappa shape index (κ3) is 2.50. The van der Waals surface area contributed by atoms with Crippen LogP contribution < -0.4 is 10.9 Å². The summed E-state index contributed by atoms with van der Waals surface area (Å²) in [5.41, 5.74) is 2.84. The fraction of sp³-hybridized carbons (Fsp3) is 0.312. The van der Waals surface area contributed by atoms with E-state index in [1.54, 1.807) is 0 Å². The van der Waals surface area contributed by atoms with Crippen molar-refractivity contribution in [3.05, 3.63) is 58.0 Å². The molecular weight excluding hydrogens is 296 g/mol. The SMILES string of the molecule is O=c1ccnc2sc(NCCC3Cc4ccccc4C3)nn12. The monoisotopic (exact) mass is 312 g/mol. The van der Waals surface area contributed by atoms with Crippen molar-refractivity contribution in [3.63, 3.8) is 0 Å². The van der Waals surface area contributed by atoms with Gasteiger partial charge in [0.2, 0.25) is 10.1 Å². The van der Waals surface area contributed by atoms with Gasteiger partial charge in [0, 0.05) is 18.8 Å². The van der Waals surface area contributed by atoms with Crippen LogP contribution in [-0.4, -0.2) is 21.1 Å². The Kier molecular flexibility index (Phi) is 3.38.